The number of nitrogens with one attached hydrogen (secondary N) is 1. The van der Waals surface area contributed by atoms with Crippen molar-refractivity contribution in [2.45, 2.75) is 6.18 Å². The molecule has 0 bridgehead atoms. The first kappa shape index (κ1) is 18.1. The second-order valence-corrected chi connectivity index (χ2v) is 5.29. The molecule has 0 radical (unpaired) electrons. The van der Waals surface area contributed by atoms with Crippen LogP contribution in [-0.2, 0) is 6.18 Å². The zero-order chi connectivity index (χ0) is 19.6. The second kappa shape index (κ2) is 6.87. The van der Waals surface area contributed by atoms with Crippen molar-refractivity contribution in [3.8, 4) is 11.8 Å². The standard InChI is InChI=1S/C17H9F4N5O/c18-14-9-23-6-5-13(14)16(27)24-10-1-3-11(4-2-10)26-12(8-22)7-15(25-26)17(19,20)21/h1-7,9H,(H,24,27). The Morgan fingerprint density at radius 1 is 1.19 bits per heavy atom. The van der Waals surface area contributed by atoms with Crippen LogP contribution in [0.4, 0.5) is 23.2 Å². The lowest BCUT2D eigenvalue weighted by Crippen LogP contribution is -2.14. The fourth-order valence-electron chi connectivity index (χ4n) is 2.24. The molecular weight excluding hydrogens is 366 g/mol. The van der Waals surface area contributed by atoms with E-state index in [9.17, 15) is 22.4 Å². The van der Waals surface area contributed by atoms with Crippen molar-refractivity contribution in [1.82, 2.24) is 14.8 Å². The van der Waals surface area contributed by atoms with E-state index in [-0.39, 0.29) is 22.6 Å². The van der Waals surface area contributed by atoms with Crippen LogP contribution in [0.25, 0.3) is 5.69 Å². The summed E-state index contributed by atoms with van der Waals surface area (Å²) in [5.74, 6) is -1.50. The van der Waals surface area contributed by atoms with Crippen LogP contribution >= 0.6 is 0 Å². The number of hydrogen-bond donors (Lipinski definition) is 1. The number of carbonyl (C=O) groups excluding carboxylic acids is 1. The molecule has 2 aromatic heterocycles. The molecule has 1 N–H and O–H groups in total. The summed E-state index contributed by atoms with van der Waals surface area (Å²) < 4.78 is 52.7. The van der Waals surface area contributed by atoms with Gasteiger partial charge in [-0.2, -0.15) is 23.5 Å². The number of pyridine rings is 1. The minimum Gasteiger partial charge on any atom is -0.322 e. The summed E-state index contributed by atoms with van der Waals surface area (Å²) in [6.07, 6.45) is -2.52. The maximum Gasteiger partial charge on any atom is 0.435 e. The fraction of sp³-hybridized carbons (Fsp3) is 0.0588. The highest BCUT2D eigenvalue weighted by atomic mass is 19.4. The third kappa shape index (κ3) is 3.77. The molecule has 0 aliphatic heterocycles. The van der Waals surface area contributed by atoms with Crippen LogP contribution in [0.3, 0.4) is 0 Å². The molecule has 0 saturated heterocycles. The lowest BCUT2D eigenvalue weighted by Gasteiger charge is -2.08. The molecule has 0 aliphatic carbocycles. The normalized spacial score (nSPS) is 11.1. The Morgan fingerprint density at radius 2 is 1.89 bits per heavy atom. The summed E-state index contributed by atoms with van der Waals surface area (Å²) >= 11 is 0. The molecule has 0 fully saturated rings. The molecule has 6 nitrogen and oxygen atoms in total. The Balaban J connectivity index is 1.84. The minimum absolute atomic E-state index is 0.190. The Labute approximate surface area is 149 Å². The average molecular weight is 375 g/mol. The van der Waals surface area contributed by atoms with Crippen LogP contribution in [0, 0.1) is 17.1 Å². The van der Waals surface area contributed by atoms with Crippen molar-refractivity contribution >= 4 is 11.6 Å². The quantitative estimate of drug-likeness (QED) is 0.710. The van der Waals surface area contributed by atoms with Gasteiger partial charge in [0.15, 0.2) is 11.5 Å². The number of anilines is 1. The smallest absolute Gasteiger partial charge is 0.322 e. The van der Waals surface area contributed by atoms with Crippen LogP contribution in [0.1, 0.15) is 21.7 Å². The lowest BCUT2D eigenvalue weighted by molar-refractivity contribution is -0.141. The van der Waals surface area contributed by atoms with Crippen LogP contribution in [-0.4, -0.2) is 20.7 Å². The van der Waals surface area contributed by atoms with Gasteiger partial charge in [0, 0.05) is 18.0 Å². The fourth-order valence-corrected chi connectivity index (χ4v) is 2.24. The highest BCUT2D eigenvalue weighted by Gasteiger charge is 2.35. The predicted octanol–water partition coefficient (Wildman–Crippen LogP) is 3.55. The van der Waals surface area contributed by atoms with E-state index in [2.05, 4.69) is 15.4 Å². The molecule has 3 aromatic rings. The third-order valence-electron chi connectivity index (χ3n) is 3.50. The summed E-state index contributed by atoms with van der Waals surface area (Å²) in [6.45, 7) is 0. The number of halogens is 4. The van der Waals surface area contributed by atoms with Gasteiger partial charge in [-0.3, -0.25) is 9.78 Å². The number of hydrogen-bond acceptors (Lipinski definition) is 4. The average Bonchev–Trinajstić information content (AvgIpc) is 3.07. The molecule has 0 saturated carbocycles. The number of nitrogens with zero attached hydrogens (tertiary/aromatic N) is 4. The summed E-state index contributed by atoms with van der Waals surface area (Å²) in [7, 11) is 0. The van der Waals surface area contributed by atoms with E-state index in [0.717, 1.165) is 10.9 Å². The molecule has 0 unspecified atom stereocenters. The monoisotopic (exact) mass is 375 g/mol. The van der Waals surface area contributed by atoms with E-state index in [4.69, 9.17) is 5.26 Å². The van der Waals surface area contributed by atoms with Gasteiger partial charge < -0.3 is 5.32 Å². The van der Waals surface area contributed by atoms with Crippen LogP contribution in [0.15, 0.2) is 48.8 Å². The van der Waals surface area contributed by atoms with Crippen LogP contribution in [0.2, 0.25) is 0 Å². The Hall–Kier alpha value is -3.74. The van der Waals surface area contributed by atoms with Gasteiger partial charge in [0.25, 0.3) is 5.91 Å². The van der Waals surface area contributed by atoms with E-state index >= 15 is 0 Å². The number of benzene rings is 1. The molecule has 10 heteroatoms. The molecule has 0 spiro atoms. The highest BCUT2D eigenvalue weighted by Crippen LogP contribution is 2.29. The Kier molecular flexibility index (Phi) is 4.60. The first-order chi connectivity index (χ1) is 12.8. The van der Waals surface area contributed by atoms with Crippen molar-refractivity contribution in [3.05, 3.63) is 71.6 Å². The van der Waals surface area contributed by atoms with E-state index < -0.39 is 23.6 Å². The molecule has 0 aliphatic rings. The number of aromatic nitrogens is 3. The minimum atomic E-state index is -4.68. The van der Waals surface area contributed by atoms with Gasteiger partial charge in [0.1, 0.15) is 11.8 Å². The summed E-state index contributed by atoms with van der Waals surface area (Å²) in [5, 5.41) is 14.9. The number of nitriles is 1. The number of alkyl halides is 3. The van der Waals surface area contributed by atoms with E-state index in [1.807, 2.05) is 0 Å². The Bertz CT molecular complexity index is 1030. The molecular formula is C17H9F4N5O. The molecule has 2 heterocycles. The van der Waals surface area contributed by atoms with Gasteiger partial charge in [-0.15, -0.1) is 0 Å². The van der Waals surface area contributed by atoms with Crippen molar-refractivity contribution in [1.29, 1.82) is 5.26 Å². The molecule has 1 amide bonds. The van der Waals surface area contributed by atoms with E-state index in [1.165, 1.54) is 36.5 Å². The van der Waals surface area contributed by atoms with Crippen molar-refractivity contribution < 1.29 is 22.4 Å². The van der Waals surface area contributed by atoms with E-state index in [0.29, 0.717) is 6.07 Å². The number of carbonyl (C=O) groups is 1. The second-order valence-electron chi connectivity index (χ2n) is 5.29. The van der Waals surface area contributed by atoms with Crippen molar-refractivity contribution in [2.75, 3.05) is 5.32 Å². The van der Waals surface area contributed by atoms with Crippen molar-refractivity contribution in [2.24, 2.45) is 0 Å². The first-order valence-corrected chi connectivity index (χ1v) is 7.38. The Morgan fingerprint density at radius 3 is 2.48 bits per heavy atom. The predicted molar refractivity (Wildman–Crippen MR) is 85.4 cm³/mol. The van der Waals surface area contributed by atoms with Gasteiger partial charge in [0.2, 0.25) is 0 Å². The molecule has 27 heavy (non-hydrogen) atoms. The summed E-state index contributed by atoms with van der Waals surface area (Å²) in [4.78, 5) is 15.6. The zero-order valence-corrected chi connectivity index (χ0v) is 13.3. The van der Waals surface area contributed by atoms with Gasteiger partial charge in [-0.1, -0.05) is 0 Å². The summed E-state index contributed by atoms with van der Waals surface area (Å²) in [6, 6.07) is 9.01. The molecule has 1 aromatic carbocycles. The topological polar surface area (TPSA) is 83.6 Å². The van der Waals surface area contributed by atoms with Crippen LogP contribution < -0.4 is 5.32 Å². The van der Waals surface area contributed by atoms with Gasteiger partial charge >= 0.3 is 6.18 Å². The molecule has 0 atom stereocenters. The maximum atomic E-state index is 13.6. The molecule has 3 rings (SSSR count). The molecule has 136 valence electrons. The maximum absolute atomic E-state index is 13.6. The van der Waals surface area contributed by atoms with Crippen LogP contribution in [0.5, 0.6) is 0 Å². The number of rotatable bonds is 3. The largest absolute Gasteiger partial charge is 0.435 e. The highest BCUT2D eigenvalue weighted by molar-refractivity contribution is 6.04. The SMILES string of the molecule is N#Cc1cc(C(F)(F)F)nn1-c1ccc(NC(=O)c2ccncc2F)cc1. The van der Waals surface area contributed by atoms with Crippen molar-refractivity contribution in [3.63, 3.8) is 0 Å². The third-order valence-corrected chi connectivity index (χ3v) is 3.50. The first-order valence-electron chi connectivity index (χ1n) is 7.38. The number of amides is 1. The van der Waals surface area contributed by atoms with Gasteiger partial charge in [-0.25, -0.2) is 9.07 Å². The zero-order valence-electron chi connectivity index (χ0n) is 13.3. The van der Waals surface area contributed by atoms with Gasteiger partial charge in [-0.05, 0) is 30.3 Å². The van der Waals surface area contributed by atoms with Gasteiger partial charge in [0.05, 0.1) is 17.4 Å². The lowest BCUT2D eigenvalue weighted by atomic mass is 10.2. The summed E-state index contributed by atoms with van der Waals surface area (Å²) in [5.41, 5.74) is -1.22. The van der Waals surface area contributed by atoms with E-state index in [1.54, 1.807) is 6.07 Å².